The number of rotatable bonds is 6. The highest BCUT2D eigenvalue weighted by atomic mass is 19.1. The van der Waals surface area contributed by atoms with E-state index in [0.29, 0.717) is 11.7 Å². The number of benzene rings is 1. The molecule has 3 heteroatoms. The zero-order chi connectivity index (χ0) is 12.3. The summed E-state index contributed by atoms with van der Waals surface area (Å²) in [7, 11) is 0. The number of para-hydroxylation sites is 1. The van der Waals surface area contributed by atoms with Crippen molar-refractivity contribution in [2.24, 2.45) is 0 Å². The van der Waals surface area contributed by atoms with Crippen molar-refractivity contribution in [3.8, 4) is 0 Å². The monoisotopic (exact) mass is 236 g/mol. The van der Waals surface area contributed by atoms with Gasteiger partial charge >= 0.3 is 0 Å². The molecule has 0 heterocycles. The molecule has 0 aromatic heterocycles. The number of halogens is 1. The predicted molar refractivity (Wildman–Crippen MR) is 69.2 cm³/mol. The van der Waals surface area contributed by atoms with E-state index in [4.69, 9.17) is 5.73 Å². The van der Waals surface area contributed by atoms with Gasteiger partial charge in [0.25, 0.3) is 0 Å². The number of nitrogens with two attached hydrogens (primary N) is 1. The third kappa shape index (κ3) is 3.19. The molecule has 0 amide bonds. The number of unbranched alkanes of at least 4 members (excludes halogenated alkanes) is 1. The fourth-order valence-corrected chi connectivity index (χ4v) is 2.13. The van der Waals surface area contributed by atoms with E-state index >= 15 is 0 Å². The summed E-state index contributed by atoms with van der Waals surface area (Å²) in [5, 5.41) is 0. The van der Waals surface area contributed by atoms with Gasteiger partial charge in [-0.05, 0) is 37.4 Å². The van der Waals surface area contributed by atoms with Crippen LogP contribution in [0.5, 0.6) is 0 Å². The second kappa shape index (κ2) is 5.50. The Labute approximate surface area is 103 Å². The van der Waals surface area contributed by atoms with E-state index in [1.54, 1.807) is 6.07 Å². The maximum absolute atomic E-state index is 13.4. The quantitative estimate of drug-likeness (QED) is 0.769. The molecular weight excluding hydrogens is 215 g/mol. The standard InChI is InChI=1S/C14H21FN2/c1-2-3-9-17(12-7-8-12)10-11-5-4-6-13(15)14(11)16/h4-6,12H,2-3,7-10,16H2,1H3. The lowest BCUT2D eigenvalue weighted by atomic mass is 10.1. The van der Waals surface area contributed by atoms with Crippen molar-refractivity contribution in [1.82, 2.24) is 4.90 Å². The second-order valence-corrected chi connectivity index (χ2v) is 4.87. The molecule has 2 rings (SSSR count). The average molecular weight is 236 g/mol. The zero-order valence-electron chi connectivity index (χ0n) is 10.5. The molecule has 1 aromatic rings. The van der Waals surface area contributed by atoms with Crippen molar-refractivity contribution in [1.29, 1.82) is 0 Å². The van der Waals surface area contributed by atoms with Crippen LogP contribution < -0.4 is 5.73 Å². The maximum atomic E-state index is 13.4. The first-order chi connectivity index (χ1) is 8.22. The molecule has 0 unspecified atom stereocenters. The minimum absolute atomic E-state index is 0.297. The Balaban J connectivity index is 2.03. The van der Waals surface area contributed by atoms with E-state index in [1.165, 1.54) is 31.7 Å². The summed E-state index contributed by atoms with van der Waals surface area (Å²) in [6, 6.07) is 5.79. The van der Waals surface area contributed by atoms with Gasteiger partial charge < -0.3 is 5.73 Å². The number of nitrogen functional groups attached to an aromatic ring is 1. The van der Waals surface area contributed by atoms with Crippen LogP contribution in [0.4, 0.5) is 10.1 Å². The molecule has 0 atom stereocenters. The largest absolute Gasteiger partial charge is 0.396 e. The van der Waals surface area contributed by atoms with Crippen molar-refractivity contribution in [2.45, 2.75) is 45.2 Å². The highest BCUT2D eigenvalue weighted by Gasteiger charge is 2.28. The number of hydrogen-bond acceptors (Lipinski definition) is 2. The van der Waals surface area contributed by atoms with Crippen molar-refractivity contribution in [3.05, 3.63) is 29.6 Å². The van der Waals surface area contributed by atoms with Gasteiger partial charge in [0.2, 0.25) is 0 Å². The minimum atomic E-state index is -0.297. The first kappa shape index (κ1) is 12.4. The highest BCUT2D eigenvalue weighted by molar-refractivity contribution is 5.47. The Morgan fingerprint density at radius 2 is 2.18 bits per heavy atom. The molecule has 17 heavy (non-hydrogen) atoms. The lowest BCUT2D eigenvalue weighted by Gasteiger charge is -2.22. The predicted octanol–water partition coefficient (Wildman–Crippen LogP) is 3.17. The van der Waals surface area contributed by atoms with E-state index in [1.807, 2.05) is 6.07 Å². The summed E-state index contributed by atoms with van der Waals surface area (Å²) in [5.74, 6) is -0.297. The minimum Gasteiger partial charge on any atom is -0.396 e. The Bertz CT molecular complexity index is 374. The lowest BCUT2D eigenvalue weighted by molar-refractivity contribution is 0.251. The van der Waals surface area contributed by atoms with Crippen LogP contribution in [0.3, 0.4) is 0 Å². The SMILES string of the molecule is CCCCN(Cc1cccc(F)c1N)C1CC1. The van der Waals surface area contributed by atoms with Gasteiger partial charge in [0.1, 0.15) is 5.82 Å². The summed E-state index contributed by atoms with van der Waals surface area (Å²) in [5.41, 5.74) is 7.02. The van der Waals surface area contributed by atoms with Crippen molar-refractivity contribution in [3.63, 3.8) is 0 Å². The van der Waals surface area contributed by atoms with Gasteiger partial charge in [-0.25, -0.2) is 4.39 Å². The van der Waals surface area contributed by atoms with E-state index in [0.717, 1.165) is 18.7 Å². The molecule has 0 spiro atoms. The van der Waals surface area contributed by atoms with Gasteiger partial charge in [-0.1, -0.05) is 25.5 Å². The lowest BCUT2D eigenvalue weighted by Crippen LogP contribution is -2.27. The fourth-order valence-electron chi connectivity index (χ4n) is 2.13. The molecular formula is C14H21FN2. The molecule has 1 aromatic carbocycles. The van der Waals surface area contributed by atoms with E-state index in [2.05, 4.69) is 11.8 Å². The van der Waals surface area contributed by atoms with Crippen LogP contribution in [0.2, 0.25) is 0 Å². The van der Waals surface area contributed by atoms with Crippen LogP contribution in [0, 0.1) is 5.82 Å². The molecule has 0 aliphatic heterocycles. The van der Waals surface area contributed by atoms with Crippen LogP contribution in [-0.2, 0) is 6.54 Å². The van der Waals surface area contributed by atoms with Crippen LogP contribution in [-0.4, -0.2) is 17.5 Å². The first-order valence-electron chi connectivity index (χ1n) is 6.49. The average Bonchev–Trinajstić information content (AvgIpc) is 3.14. The molecule has 0 bridgehead atoms. The summed E-state index contributed by atoms with van der Waals surface area (Å²) < 4.78 is 13.4. The third-order valence-corrected chi connectivity index (χ3v) is 3.38. The summed E-state index contributed by atoms with van der Waals surface area (Å²) in [6.45, 7) is 4.08. The fraction of sp³-hybridized carbons (Fsp3) is 0.571. The number of nitrogens with zero attached hydrogens (tertiary/aromatic N) is 1. The van der Waals surface area contributed by atoms with Gasteiger partial charge in [0.15, 0.2) is 0 Å². The summed E-state index contributed by atoms with van der Waals surface area (Å²) in [4.78, 5) is 2.44. The third-order valence-electron chi connectivity index (χ3n) is 3.38. The first-order valence-corrected chi connectivity index (χ1v) is 6.49. The Hall–Kier alpha value is -1.09. The van der Waals surface area contributed by atoms with Crippen LogP contribution >= 0.6 is 0 Å². The van der Waals surface area contributed by atoms with Gasteiger partial charge in [-0.2, -0.15) is 0 Å². The smallest absolute Gasteiger partial charge is 0.146 e. The Morgan fingerprint density at radius 1 is 1.41 bits per heavy atom. The van der Waals surface area contributed by atoms with Crippen LogP contribution in [0.25, 0.3) is 0 Å². The number of hydrogen-bond donors (Lipinski definition) is 1. The Morgan fingerprint density at radius 3 is 2.82 bits per heavy atom. The van der Waals surface area contributed by atoms with E-state index < -0.39 is 0 Å². The second-order valence-electron chi connectivity index (χ2n) is 4.87. The summed E-state index contributed by atoms with van der Waals surface area (Å²) >= 11 is 0. The van der Waals surface area contributed by atoms with Gasteiger partial charge in [0, 0.05) is 12.6 Å². The Kier molecular flexibility index (Phi) is 4.00. The zero-order valence-corrected chi connectivity index (χ0v) is 10.5. The molecule has 94 valence electrons. The molecule has 2 N–H and O–H groups in total. The van der Waals surface area contributed by atoms with Crippen molar-refractivity contribution >= 4 is 5.69 Å². The molecule has 1 aliphatic rings. The molecule has 0 saturated heterocycles. The van der Waals surface area contributed by atoms with Gasteiger partial charge in [-0.3, -0.25) is 4.90 Å². The van der Waals surface area contributed by atoms with Crippen molar-refractivity contribution in [2.75, 3.05) is 12.3 Å². The molecule has 1 aliphatic carbocycles. The van der Waals surface area contributed by atoms with Gasteiger partial charge in [0.05, 0.1) is 5.69 Å². The van der Waals surface area contributed by atoms with E-state index in [9.17, 15) is 4.39 Å². The topological polar surface area (TPSA) is 29.3 Å². The molecule has 1 fully saturated rings. The summed E-state index contributed by atoms with van der Waals surface area (Å²) in [6.07, 6.45) is 4.95. The molecule has 0 radical (unpaired) electrons. The molecule has 2 nitrogen and oxygen atoms in total. The molecule has 1 saturated carbocycles. The van der Waals surface area contributed by atoms with Crippen LogP contribution in [0.1, 0.15) is 38.2 Å². The van der Waals surface area contributed by atoms with Crippen LogP contribution in [0.15, 0.2) is 18.2 Å². The normalized spacial score (nSPS) is 15.5. The van der Waals surface area contributed by atoms with E-state index in [-0.39, 0.29) is 5.82 Å². The van der Waals surface area contributed by atoms with Gasteiger partial charge in [-0.15, -0.1) is 0 Å². The number of anilines is 1. The highest BCUT2D eigenvalue weighted by Crippen LogP contribution is 2.29. The maximum Gasteiger partial charge on any atom is 0.146 e. The van der Waals surface area contributed by atoms with Crippen molar-refractivity contribution < 1.29 is 4.39 Å².